The van der Waals surface area contributed by atoms with Crippen LogP contribution in [0.25, 0.3) is 0 Å². The topological polar surface area (TPSA) is 26.3 Å². The van der Waals surface area contributed by atoms with E-state index in [-0.39, 0.29) is 12.1 Å². The van der Waals surface area contributed by atoms with Gasteiger partial charge in [0.2, 0.25) is 0 Å². The molecule has 1 aliphatic heterocycles. The Kier molecular flexibility index (Phi) is 3.82. The first kappa shape index (κ1) is 12.2. The maximum Gasteiger partial charge on any atom is 0.334 e. The van der Waals surface area contributed by atoms with Crippen LogP contribution in [-0.2, 0) is 9.53 Å². The normalized spacial score (nSPS) is 32.2. The molecule has 2 heteroatoms. The van der Waals surface area contributed by atoms with Gasteiger partial charge in [-0.05, 0) is 45.6 Å². The lowest BCUT2D eigenvalue weighted by atomic mass is 10.0. The highest BCUT2D eigenvalue weighted by Gasteiger charge is 2.24. The van der Waals surface area contributed by atoms with Crippen molar-refractivity contribution in [2.45, 2.75) is 52.1 Å². The molecule has 1 heterocycles. The van der Waals surface area contributed by atoms with Crippen molar-refractivity contribution in [3.63, 3.8) is 0 Å². The summed E-state index contributed by atoms with van der Waals surface area (Å²) in [6, 6.07) is 0. The van der Waals surface area contributed by atoms with Crippen LogP contribution in [-0.4, -0.2) is 12.1 Å². The number of hydrogen-bond donors (Lipinski definition) is 0. The lowest BCUT2D eigenvalue weighted by Crippen LogP contribution is -2.08. The van der Waals surface area contributed by atoms with Gasteiger partial charge < -0.3 is 4.74 Å². The van der Waals surface area contributed by atoms with Crippen molar-refractivity contribution in [2.24, 2.45) is 0 Å². The molecule has 0 radical (unpaired) electrons. The highest BCUT2D eigenvalue weighted by molar-refractivity contribution is 5.90. The minimum atomic E-state index is -0.117. The standard InChI is InChI=1S/C15H20O2/c1-11-5-3-7-12(2)9-14-10-13(8-4-6-11)15(16)17-14/h6-7,10,14H,3-5,8-9H2,1-2H3/b11-6+,12-7+. The Labute approximate surface area is 103 Å². The molecule has 2 nitrogen and oxygen atoms in total. The van der Waals surface area contributed by atoms with Gasteiger partial charge in [0.25, 0.3) is 0 Å². The Morgan fingerprint density at radius 2 is 1.82 bits per heavy atom. The molecule has 17 heavy (non-hydrogen) atoms. The highest BCUT2D eigenvalue weighted by Crippen LogP contribution is 2.24. The molecular weight excluding hydrogens is 212 g/mol. The fourth-order valence-corrected chi connectivity index (χ4v) is 2.35. The molecule has 2 rings (SSSR count). The molecule has 0 saturated heterocycles. The van der Waals surface area contributed by atoms with Crippen LogP contribution in [0.3, 0.4) is 0 Å². The molecular formula is C15H20O2. The zero-order chi connectivity index (χ0) is 12.3. The molecule has 2 aliphatic rings. The molecule has 0 aromatic carbocycles. The van der Waals surface area contributed by atoms with Crippen LogP contribution < -0.4 is 0 Å². The Bertz CT molecular complexity index is 399. The summed E-state index contributed by atoms with van der Waals surface area (Å²) in [4.78, 5) is 11.6. The van der Waals surface area contributed by atoms with Gasteiger partial charge in [-0.2, -0.15) is 0 Å². The van der Waals surface area contributed by atoms with Crippen molar-refractivity contribution >= 4 is 5.97 Å². The van der Waals surface area contributed by atoms with Crippen LogP contribution in [0.2, 0.25) is 0 Å². The summed E-state index contributed by atoms with van der Waals surface area (Å²) < 4.78 is 5.34. The van der Waals surface area contributed by atoms with E-state index < -0.39 is 0 Å². The van der Waals surface area contributed by atoms with Crippen LogP contribution in [0.1, 0.15) is 46.0 Å². The predicted octanol–water partition coefficient (Wildman–Crippen LogP) is 3.69. The highest BCUT2D eigenvalue weighted by atomic mass is 16.5. The average molecular weight is 232 g/mol. The van der Waals surface area contributed by atoms with Gasteiger partial charge in [0.05, 0.1) is 0 Å². The van der Waals surface area contributed by atoms with E-state index in [9.17, 15) is 4.79 Å². The number of ether oxygens (including phenoxy) is 1. The summed E-state index contributed by atoms with van der Waals surface area (Å²) in [7, 11) is 0. The number of fused-ring (bicyclic) bond motifs is 1. The van der Waals surface area contributed by atoms with E-state index >= 15 is 0 Å². The molecule has 1 aliphatic carbocycles. The molecule has 0 aromatic heterocycles. The first-order chi connectivity index (χ1) is 8.15. The van der Waals surface area contributed by atoms with Gasteiger partial charge in [-0.25, -0.2) is 4.79 Å². The van der Waals surface area contributed by atoms with E-state index in [0.29, 0.717) is 0 Å². The maximum atomic E-state index is 11.6. The monoisotopic (exact) mass is 232 g/mol. The molecule has 2 bridgehead atoms. The Morgan fingerprint density at radius 1 is 1.12 bits per heavy atom. The van der Waals surface area contributed by atoms with E-state index in [0.717, 1.165) is 37.7 Å². The SMILES string of the molecule is C/C1=C\CCC2=CC(C/C(C)=C/CC1)OC2=O. The molecule has 0 saturated carbocycles. The Morgan fingerprint density at radius 3 is 2.65 bits per heavy atom. The van der Waals surface area contributed by atoms with Crippen molar-refractivity contribution in [1.82, 2.24) is 0 Å². The van der Waals surface area contributed by atoms with Crippen molar-refractivity contribution in [3.05, 3.63) is 34.9 Å². The van der Waals surface area contributed by atoms with E-state index in [4.69, 9.17) is 4.74 Å². The van der Waals surface area contributed by atoms with Gasteiger partial charge in [-0.3, -0.25) is 0 Å². The van der Waals surface area contributed by atoms with Crippen LogP contribution in [0.5, 0.6) is 0 Å². The smallest absolute Gasteiger partial charge is 0.334 e. The largest absolute Gasteiger partial charge is 0.454 e. The van der Waals surface area contributed by atoms with Crippen LogP contribution in [0.15, 0.2) is 34.9 Å². The van der Waals surface area contributed by atoms with E-state index in [1.54, 1.807) is 0 Å². The zero-order valence-electron chi connectivity index (χ0n) is 10.7. The molecule has 1 unspecified atom stereocenters. The van der Waals surface area contributed by atoms with Crippen molar-refractivity contribution in [1.29, 1.82) is 0 Å². The summed E-state index contributed by atoms with van der Waals surface area (Å²) in [5.74, 6) is -0.117. The first-order valence-electron chi connectivity index (χ1n) is 6.38. The molecule has 0 spiro atoms. The van der Waals surface area contributed by atoms with Crippen molar-refractivity contribution < 1.29 is 9.53 Å². The van der Waals surface area contributed by atoms with Gasteiger partial charge in [-0.1, -0.05) is 23.3 Å². The predicted molar refractivity (Wildman–Crippen MR) is 68.6 cm³/mol. The molecule has 1 atom stereocenters. The zero-order valence-corrected chi connectivity index (χ0v) is 10.7. The number of carbonyl (C=O) groups is 1. The fourth-order valence-electron chi connectivity index (χ4n) is 2.35. The quantitative estimate of drug-likeness (QED) is 0.470. The molecule has 0 aromatic rings. The molecule has 0 fully saturated rings. The number of allylic oxidation sites excluding steroid dienone is 3. The number of hydrogen-bond acceptors (Lipinski definition) is 2. The van der Waals surface area contributed by atoms with Gasteiger partial charge in [0.1, 0.15) is 6.10 Å². The molecule has 0 amide bonds. The summed E-state index contributed by atoms with van der Waals surface area (Å²) in [5.41, 5.74) is 3.58. The van der Waals surface area contributed by atoms with Crippen LogP contribution >= 0.6 is 0 Å². The third kappa shape index (κ3) is 3.32. The molecule has 92 valence electrons. The Hall–Kier alpha value is -1.31. The van der Waals surface area contributed by atoms with E-state index in [1.165, 1.54) is 11.1 Å². The summed E-state index contributed by atoms with van der Waals surface area (Å²) in [5, 5.41) is 0. The Balaban J connectivity index is 2.15. The minimum Gasteiger partial charge on any atom is -0.454 e. The number of rotatable bonds is 0. The number of carbonyl (C=O) groups excluding carboxylic acids is 1. The van der Waals surface area contributed by atoms with E-state index in [2.05, 4.69) is 26.0 Å². The summed E-state index contributed by atoms with van der Waals surface area (Å²) in [6.07, 6.45) is 11.3. The second kappa shape index (κ2) is 5.35. The molecule has 0 N–H and O–H groups in total. The van der Waals surface area contributed by atoms with Gasteiger partial charge in [-0.15, -0.1) is 0 Å². The van der Waals surface area contributed by atoms with Gasteiger partial charge in [0, 0.05) is 12.0 Å². The lowest BCUT2D eigenvalue weighted by Gasteiger charge is -2.08. The minimum absolute atomic E-state index is 0.0294. The maximum absolute atomic E-state index is 11.6. The number of esters is 1. The first-order valence-corrected chi connectivity index (χ1v) is 6.38. The van der Waals surface area contributed by atoms with Crippen molar-refractivity contribution in [2.75, 3.05) is 0 Å². The van der Waals surface area contributed by atoms with Crippen molar-refractivity contribution in [3.8, 4) is 0 Å². The van der Waals surface area contributed by atoms with Crippen LogP contribution in [0.4, 0.5) is 0 Å². The third-order valence-corrected chi connectivity index (χ3v) is 3.37. The summed E-state index contributed by atoms with van der Waals surface area (Å²) in [6.45, 7) is 4.28. The van der Waals surface area contributed by atoms with E-state index in [1.807, 2.05) is 6.08 Å². The fraction of sp³-hybridized carbons (Fsp3) is 0.533. The van der Waals surface area contributed by atoms with Crippen LogP contribution in [0, 0.1) is 0 Å². The lowest BCUT2D eigenvalue weighted by molar-refractivity contribution is -0.139. The second-order valence-electron chi connectivity index (χ2n) is 5.02. The average Bonchev–Trinajstić information content (AvgIpc) is 2.58. The van der Waals surface area contributed by atoms with Gasteiger partial charge >= 0.3 is 5.97 Å². The van der Waals surface area contributed by atoms with Gasteiger partial charge in [0.15, 0.2) is 0 Å². The summed E-state index contributed by atoms with van der Waals surface area (Å²) >= 11 is 0. The second-order valence-corrected chi connectivity index (χ2v) is 5.02. The third-order valence-electron chi connectivity index (χ3n) is 3.37.